The number of nitriles is 1. The Balaban J connectivity index is 1.80. The third-order valence-corrected chi connectivity index (χ3v) is 8.92. The molecule has 3 unspecified atom stereocenters. The highest BCUT2D eigenvalue weighted by molar-refractivity contribution is 6.31. The van der Waals surface area contributed by atoms with Crippen molar-refractivity contribution >= 4 is 35.2 Å². The SMILES string of the molecule is CCOC(=O)CC1CCN(C(=O)N2CC(CC(C)(C)C)C(C#N)(c3ccc(Cl)cc3F)C2c2cccc(Cl)c2F)CC1. The Morgan fingerprint density at radius 1 is 1.14 bits per heavy atom. The number of likely N-dealkylation sites (tertiary alicyclic amines) is 2. The number of rotatable bonds is 6. The molecule has 2 aromatic carbocycles. The van der Waals surface area contributed by atoms with Crippen LogP contribution in [0.2, 0.25) is 10.0 Å². The molecule has 0 radical (unpaired) electrons. The van der Waals surface area contributed by atoms with Crippen LogP contribution in [0.25, 0.3) is 0 Å². The first-order valence-corrected chi connectivity index (χ1v) is 15.1. The lowest BCUT2D eigenvalue weighted by atomic mass is 9.63. The maximum absolute atomic E-state index is 15.8. The predicted octanol–water partition coefficient (Wildman–Crippen LogP) is 7.93. The number of piperidine rings is 1. The Morgan fingerprint density at radius 2 is 1.83 bits per heavy atom. The van der Waals surface area contributed by atoms with Gasteiger partial charge in [0.2, 0.25) is 0 Å². The summed E-state index contributed by atoms with van der Waals surface area (Å²) in [4.78, 5) is 29.5. The highest BCUT2D eigenvalue weighted by Gasteiger charge is 2.60. The molecule has 2 aromatic rings. The van der Waals surface area contributed by atoms with Crippen LogP contribution < -0.4 is 0 Å². The molecule has 0 aliphatic carbocycles. The summed E-state index contributed by atoms with van der Waals surface area (Å²) in [5.41, 5.74) is -1.81. The van der Waals surface area contributed by atoms with Crippen LogP contribution in [0.4, 0.5) is 13.6 Å². The number of benzene rings is 2. The van der Waals surface area contributed by atoms with Crippen molar-refractivity contribution in [3.8, 4) is 6.07 Å². The van der Waals surface area contributed by atoms with Crippen LogP contribution in [-0.4, -0.2) is 48.0 Å². The number of carbonyl (C=O) groups is 2. The number of halogens is 4. The van der Waals surface area contributed by atoms with Gasteiger partial charge in [-0.15, -0.1) is 0 Å². The van der Waals surface area contributed by atoms with Gasteiger partial charge >= 0.3 is 12.0 Å². The molecule has 0 N–H and O–H groups in total. The molecule has 0 bridgehead atoms. The molecule has 4 rings (SSSR count). The van der Waals surface area contributed by atoms with E-state index in [4.69, 9.17) is 27.9 Å². The monoisotopic (exact) mass is 619 g/mol. The zero-order valence-corrected chi connectivity index (χ0v) is 25.9. The van der Waals surface area contributed by atoms with E-state index >= 15 is 8.78 Å². The number of carbonyl (C=O) groups excluding carboxylic acids is 2. The smallest absolute Gasteiger partial charge is 0.320 e. The topological polar surface area (TPSA) is 73.6 Å². The molecule has 0 spiro atoms. The fourth-order valence-corrected chi connectivity index (χ4v) is 6.97. The van der Waals surface area contributed by atoms with Gasteiger partial charge in [-0.25, -0.2) is 13.6 Å². The Kier molecular flexibility index (Phi) is 9.74. The van der Waals surface area contributed by atoms with Crippen LogP contribution >= 0.6 is 23.2 Å². The third kappa shape index (κ3) is 6.38. The first-order valence-electron chi connectivity index (χ1n) is 14.3. The van der Waals surface area contributed by atoms with Crippen LogP contribution in [-0.2, 0) is 14.9 Å². The van der Waals surface area contributed by atoms with E-state index in [2.05, 4.69) is 6.07 Å². The van der Waals surface area contributed by atoms with Crippen LogP contribution in [0.5, 0.6) is 0 Å². The second-order valence-electron chi connectivity index (χ2n) is 12.5. The molecule has 2 aliphatic rings. The maximum atomic E-state index is 15.8. The van der Waals surface area contributed by atoms with Crippen molar-refractivity contribution in [1.82, 2.24) is 9.80 Å². The molecule has 42 heavy (non-hydrogen) atoms. The lowest BCUT2D eigenvalue weighted by Crippen LogP contribution is -2.48. The van der Waals surface area contributed by atoms with Crippen molar-refractivity contribution in [2.45, 2.75) is 64.8 Å². The van der Waals surface area contributed by atoms with E-state index < -0.39 is 29.0 Å². The standard InChI is InChI=1S/C32H37Cl2F2N3O3/c1-5-42-27(40)15-20-11-13-38(14-12-20)30(41)39-18-21(17-31(2,3)4)32(19-37,24-10-9-22(33)16-26(24)35)29(39)23-7-6-8-25(34)28(23)36/h6-10,16,20-21,29H,5,11-15,17-18H2,1-4H3. The molecule has 2 fully saturated rings. The minimum absolute atomic E-state index is 0.0559. The van der Waals surface area contributed by atoms with E-state index in [0.29, 0.717) is 39.0 Å². The van der Waals surface area contributed by atoms with Crippen molar-refractivity contribution in [3.05, 3.63) is 69.2 Å². The molecule has 10 heteroatoms. The summed E-state index contributed by atoms with van der Waals surface area (Å²) in [7, 11) is 0. The van der Waals surface area contributed by atoms with E-state index in [-0.39, 0.29) is 57.5 Å². The van der Waals surface area contributed by atoms with Crippen LogP contribution in [0.3, 0.4) is 0 Å². The second-order valence-corrected chi connectivity index (χ2v) is 13.3. The number of esters is 1. The predicted molar refractivity (Wildman–Crippen MR) is 158 cm³/mol. The maximum Gasteiger partial charge on any atom is 0.320 e. The van der Waals surface area contributed by atoms with Gasteiger partial charge in [-0.2, -0.15) is 5.26 Å². The van der Waals surface area contributed by atoms with Crippen molar-refractivity contribution < 1.29 is 23.1 Å². The average molecular weight is 621 g/mol. The highest BCUT2D eigenvalue weighted by atomic mass is 35.5. The van der Waals surface area contributed by atoms with Crippen LogP contribution in [0.15, 0.2) is 36.4 Å². The van der Waals surface area contributed by atoms with Gasteiger partial charge < -0.3 is 14.5 Å². The number of ether oxygens (including phenoxy) is 1. The summed E-state index contributed by atoms with van der Waals surface area (Å²) in [6.07, 6.45) is 1.97. The fourth-order valence-electron chi connectivity index (χ4n) is 6.62. The number of urea groups is 1. The minimum Gasteiger partial charge on any atom is -0.466 e. The Bertz CT molecular complexity index is 1370. The quantitative estimate of drug-likeness (QED) is 0.308. The number of hydrogen-bond donors (Lipinski definition) is 0. The van der Waals surface area contributed by atoms with Crippen molar-refractivity contribution in [1.29, 1.82) is 5.26 Å². The molecule has 0 aromatic heterocycles. The fraction of sp³-hybridized carbons (Fsp3) is 0.531. The lowest BCUT2D eigenvalue weighted by Gasteiger charge is -2.40. The Morgan fingerprint density at radius 3 is 2.43 bits per heavy atom. The van der Waals surface area contributed by atoms with E-state index in [1.807, 2.05) is 20.8 Å². The largest absolute Gasteiger partial charge is 0.466 e. The summed E-state index contributed by atoms with van der Waals surface area (Å²) in [5.74, 6) is -2.15. The van der Waals surface area contributed by atoms with E-state index in [1.54, 1.807) is 17.9 Å². The molecule has 2 saturated heterocycles. The normalized spacial score (nSPS) is 23.1. The van der Waals surface area contributed by atoms with Gasteiger partial charge in [0, 0.05) is 48.1 Å². The molecule has 2 aliphatic heterocycles. The van der Waals surface area contributed by atoms with Gasteiger partial charge in [0.25, 0.3) is 0 Å². The van der Waals surface area contributed by atoms with Gasteiger partial charge in [0.05, 0.1) is 23.7 Å². The Labute approximate surface area is 256 Å². The molecule has 6 nitrogen and oxygen atoms in total. The molecule has 0 saturated carbocycles. The van der Waals surface area contributed by atoms with E-state index in [0.717, 1.165) is 6.07 Å². The summed E-state index contributed by atoms with van der Waals surface area (Å²) in [5, 5.41) is 11.0. The summed E-state index contributed by atoms with van der Waals surface area (Å²) in [6, 6.07) is 9.49. The average Bonchev–Trinajstić information content (AvgIpc) is 3.23. The zero-order valence-electron chi connectivity index (χ0n) is 24.4. The van der Waals surface area contributed by atoms with E-state index in [1.165, 1.54) is 29.2 Å². The van der Waals surface area contributed by atoms with Gasteiger partial charge in [0.15, 0.2) is 0 Å². The van der Waals surface area contributed by atoms with Gasteiger partial charge in [-0.3, -0.25) is 4.79 Å². The molecular weight excluding hydrogens is 583 g/mol. The lowest BCUT2D eigenvalue weighted by molar-refractivity contribution is -0.144. The van der Waals surface area contributed by atoms with Crippen LogP contribution in [0, 0.1) is 40.2 Å². The summed E-state index contributed by atoms with van der Waals surface area (Å²) < 4.78 is 36.7. The van der Waals surface area contributed by atoms with Gasteiger partial charge in [0.1, 0.15) is 17.0 Å². The first-order chi connectivity index (χ1) is 19.8. The molecule has 226 valence electrons. The van der Waals surface area contributed by atoms with Crippen molar-refractivity contribution in [2.24, 2.45) is 17.3 Å². The second kappa shape index (κ2) is 12.8. The third-order valence-electron chi connectivity index (χ3n) is 8.39. The van der Waals surface area contributed by atoms with Gasteiger partial charge in [-0.05, 0) is 55.7 Å². The molecule has 2 amide bonds. The molecule has 2 heterocycles. The first kappa shape index (κ1) is 32.0. The number of amides is 2. The minimum atomic E-state index is -1.63. The number of hydrogen-bond acceptors (Lipinski definition) is 4. The van der Waals surface area contributed by atoms with E-state index in [9.17, 15) is 14.9 Å². The Hall–Kier alpha value is -2.89. The van der Waals surface area contributed by atoms with Crippen molar-refractivity contribution in [2.75, 3.05) is 26.2 Å². The van der Waals surface area contributed by atoms with Gasteiger partial charge in [-0.1, -0.05) is 62.2 Å². The molecular formula is C32H37Cl2F2N3O3. The highest BCUT2D eigenvalue weighted by Crippen LogP contribution is 2.56. The number of nitrogens with zero attached hydrogens (tertiary/aromatic N) is 3. The summed E-state index contributed by atoms with van der Waals surface area (Å²) >= 11 is 12.3. The van der Waals surface area contributed by atoms with Crippen molar-refractivity contribution in [3.63, 3.8) is 0 Å². The van der Waals surface area contributed by atoms with Crippen LogP contribution in [0.1, 0.15) is 70.5 Å². The zero-order chi connectivity index (χ0) is 30.8. The summed E-state index contributed by atoms with van der Waals surface area (Å²) in [6.45, 7) is 9.02. The molecule has 3 atom stereocenters.